The van der Waals surface area contributed by atoms with Crippen molar-refractivity contribution < 1.29 is 34.7 Å². The molecule has 7 heteroatoms. The Kier molecular flexibility index (Phi) is 5.08. The first-order chi connectivity index (χ1) is 11.7. The molecule has 0 saturated carbocycles. The number of aromatic hydroxyl groups is 3. The van der Waals surface area contributed by atoms with Crippen LogP contribution in [0.2, 0.25) is 0 Å². The molecule has 0 saturated heterocycles. The molecule has 0 amide bonds. The topological polar surface area (TPSA) is 116 Å². The maximum absolute atomic E-state index is 12.0. The molecule has 0 aromatic heterocycles. The van der Waals surface area contributed by atoms with Gasteiger partial charge in [0.2, 0.25) is 0 Å². The second-order valence-electron chi connectivity index (χ2n) is 5.66. The molecule has 0 aliphatic rings. The summed E-state index contributed by atoms with van der Waals surface area (Å²) in [6.45, 7) is 4.14. The van der Waals surface area contributed by atoms with Gasteiger partial charge in [-0.2, -0.15) is 0 Å². The van der Waals surface area contributed by atoms with E-state index in [1.807, 2.05) is 0 Å². The van der Waals surface area contributed by atoms with Crippen molar-refractivity contribution in [2.24, 2.45) is 0 Å². The maximum atomic E-state index is 12.0. The Morgan fingerprint density at radius 3 is 2.24 bits per heavy atom. The molecule has 2 rings (SSSR count). The van der Waals surface area contributed by atoms with Crippen LogP contribution >= 0.6 is 0 Å². The Morgan fingerprint density at radius 1 is 1.04 bits per heavy atom. The number of carbonyl (C=O) groups is 1. The molecule has 0 radical (unpaired) electrons. The molecule has 0 heterocycles. The van der Waals surface area contributed by atoms with Gasteiger partial charge in [0.25, 0.3) is 0 Å². The van der Waals surface area contributed by atoms with Crippen molar-refractivity contribution in [3.63, 3.8) is 0 Å². The van der Waals surface area contributed by atoms with Crippen LogP contribution in [0.4, 0.5) is 0 Å². The van der Waals surface area contributed by atoms with Gasteiger partial charge in [0, 0.05) is 11.1 Å². The predicted octanol–water partition coefficient (Wildman–Crippen LogP) is 2.80. The van der Waals surface area contributed by atoms with Gasteiger partial charge in [-0.1, -0.05) is 0 Å². The number of hydrogen-bond donors (Lipinski definition) is 4. The number of aliphatic hydroxyl groups is 1. The minimum atomic E-state index is -0.780. The Balaban J connectivity index is 2.69. The van der Waals surface area contributed by atoms with Crippen molar-refractivity contribution in [1.29, 1.82) is 0 Å². The summed E-state index contributed by atoms with van der Waals surface area (Å²) in [6.07, 6.45) is 0. The third kappa shape index (κ3) is 3.18. The van der Waals surface area contributed by atoms with Gasteiger partial charge in [0.1, 0.15) is 22.8 Å². The van der Waals surface area contributed by atoms with Crippen LogP contribution in [0.25, 0.3) is 0 Å². The zero-order chi connectivity index (χ0) is 18.9. The van der Waals surface area contributed by atoms with Crippen molar-refractivity contribution in [3.8, 4) is 28.7 Å². The molecule has 0 bridgehead atoms. The highest BCUT2D eigenvalue weighted by atomic mass is 16.5. The Labute approximate surface area is 144 Å². The first-order valence-electron chi connectivity index (χ1n) is 7.47. The second-order valence-corrected chi connectivity index (χ2v) is 5.66. The first-order valence-corrected chi connectivity index (χ1v) is 7.47. The van der Waals surface area contributed by atoms with Gasteiger partial charge in [-0.15, -0.1) is 0 Å². The smallest absolute Gasteiger partial charge is 0.342 e. The van der Waals surface area contributed by atoms with E-state index < -0.39 is 18.3 Å². The minimum absolute atomic E-state index is 0.0448. The number of carbonyl (C=O) groups excluding carboxylic acids is 1. The molecule has 2 aromatic rings. The molecule has 0 fully saturated rings. The lowest BCUT2D eigenvalue weighted by Crippen LogP contribution is -2.07. The van der Waals surface area contributed by atoms with E-state index >= 15 is 0 Å². The largest absolute Gasteiger partial charge is 0.507 e. The number of hydrogen-bond acceptors (Lipinski definition) is 7. The molecule has 2 aromatic carbocycles. The number of methoxy groups -OCH3 is 1. The molecule has 134 valence electrons. The first kappa shape index (κ1) is 18.4. The molecular formula is C18H20O7. The van der Waals surface area contributed by atoms with Crippen molar-refractivity contribution >= 4 is 5.97 Å². The Bertz CT molecular complexity index is 840. The lowest BCUT2D eigenvalue weighted by Gasteiger charge is -2.19. The van der Waals surface area contributed by atoms with Gasteiger partial charge < -0.3 is 29.9 Å². The number of esters is 1. The zero-order valence-electron chi connectivity index (χ0n) is 14.4. The molecular weight excluding hydrogens is 328 g/mol. The van der Waals surface area contributed by atoms with Crippen molar-refractivity contribution in [2.45, 2.75) is 27.4 Å². The third-order valence-corrected chi connectivity index (χ3v) is 3.97. The van der Waals surface area contributed by atoms with Crippen molar-refractivity contribution in [3.05, 3.63) is 39.9 Å². The van der Waals surface area contributed by atoms with Crippen LogP contribution in [-0.2, 0) is 11.3 Å². The summed E-state index contributed by atoms with van der Waals surface area (Å²) < 4.78 is 10.4. The normalized spacial score (nSPS) is 10.6. The van der Waals surface area contributed by atoms with Gasteiger partial charge in [0.05, 0.1) is 19.3 Å². The number of phenols is 3. The van der Waals surface area contributed by atoms with Gasteiger partial charge in [-0.25, -0.2) is 4.79 Å². The van der Waals surface area contributed by atoms with Crippen LogP contribution in [0.15, 0.2) is 12.1 Å². The van der Waals surface area contributed by atoms with Crippen LogP contribution < -0.4 is 4.74 Å². The van der Waals surface area contributed by atoms with Gasteiger partial charge in [0.15, 0.2) is 11.5 Å². The molecule has 0 spiro atoms. The summed E-state index contributed by atoms with van der Waals surface area (Å²) >= 11 is 0. The van der Waals surface area contributed by atoms with E-state index in [2.05, 4.69) is 4.74 Å². The highest BCUT2D eigenvalue weighted by Gasteiger charge is 2.26. The van der Waals surface area contributed by atoms with Gasteiger partial charge in [-0.3, -0.25) is 0 Å². The number of phenolic OH excluding ortho intramolecular Hbond substituents is 2. The molecule has 25 heavy (non-hydrogen) atoms. The van der Waals surface area contributed by atoms with Crippen LogP contribution in [0.1, 0.15) is 32.6 Å². The molecule has 4 N–H and O–H groups in total. The Morgan fingerprint density at radius 2 is 1.68 bits per heavy atom. The Hall–Kier alpha value is -2.93. The van der Waals surface area contributed by atoms with Crippen LogP contribution in [-0.4, -0.2) is 33.5 Å². The van der Waals surface area contributed by atoms with Gasteiger partial charge in [-0.05, 0) is 38.5 Å². The fourth-order valence-corrected chi connectivity index (χ4v) is 2.54. The van der Waals surface area contributed by atoms with Crippen LogP contribution in [0.5, 0.6) is 28.7 Å². The van der Waals surface area contributed by atoms with Gasteiger partial charge >= 0.3 is 5.97 Å². The minimum Gasteiger partial charge on any atom is -0.507 e. The lowest BCUT2D eigenvalue weighted by molar-refractivity contribution is 0.0596. The summed E-state index contributed by atoms with van der Waals surface area (Å²) in [5.41, 5.74) is 0.885. The average Bonchev–Trinajstić information content (AvgIpc) is 2.56. The summed E-state index contributed by atoms with van der Waals surface area (Å²) in [5.74, 6) is -1.64. The molecule has 0 unspecified atom stereocenters. The number of benzene rings is 2. The monoisotopic (exact) mass is 348 g/mol. The van der Waals surface area contributed by atoms with Crippen molar-refractivity contribution in [2.75, 3.05) is 7.11 Å². The highest BCUT2D eigenvalue weighted by molar-refractivity contribution is 5.96. The quantitative estimate of drug-likeness (QED) is 0.628. The van der Waals surface area contributed by atoms with E-state index in [4.69, 9.17) is 4.74 Å². The summed E-state index contributed by atoms with van der Waals surface area (Å²) in [5, 5.41) is 39.9. The van der Waals surface area contributed by atoms with E-state index in [1.165, 1.54) is 27.0 Å². The molecule has 0 aliphatic carbocycles. The van der Waals surface area contributed by atoms with E-state index in [1.54, 1.807) is 13.0 Å². The van der Waals surface area contributed by atoms with E-state index in [0.717, 1.165) is 0 Å². The fourth-order valence-electron chi connectivity index (χ4n) is 2.54. The van der Waals surface area contributed by atoms with Crippen molar-refractivity contribution in [1.82, 2.24) is 0 Å². The number of aliphatic hydroxyl groups excluding tert-OH is 1. The summed E-state index contributed by atoms with van der Waals surface area (Å²) in [7, 11) is 1.17. The average molecular weight is 348 g/mol. The van der Waals surface area contributed by atoms with E-state index in [-0.39, 0.29) is 45.3 Å². The number of ether oxygens (including phenoxy) is 2. The number of aryl methyl sites for hydroxylation is 1. The molecule has 7 nitrogen and oxygen atoms in total. The fraction of sp³-hybridized carbons (Fsp3) is 0.278. The molecule has 0 aliphatic heterocycles. The van der Waals surface area contributed by atoms with E-state index in [0.29, 0.717) is 5.56 Å². The highest BCUT2D eigenvalue weighted by Crippen LogP contribution is 2.45. The molecule has 0 atom stereocenters. The summed E-state index contributed by atoms with van der Waals surface area (Å²) in [6, 6.07) is 3.04. The lowest BCUT2D eigenvalue weighted by atomic mass is 10.0. The maximum Gasteiger partial charge on any atom is 0.342 e. The predicted molar refractivity (Wildman–Crippen MR) is 89.4 cm³/mol. The third-order valence-electron chi connectivity index (χ3n) is 3.97. The standard InChI is InChI=1S/C18H20O7/c1-8-5-12(20)11(7-19)13(6-8)25-17-9(2)14(18(23)24-4)15(21)10(3)16(17)22/h5-6,19-22H,7H2,1-4H3. The zero-order valence-corrected chi connectivity index (χ0v) is 14.4. The SMILES string of the molecule is COC(=O)c1c(C)c(Oc2cc(C)cc(O)c2CO)c(O)c(C)c1O. The summed E-state index contributed by atoms with van der Waals surface area (Å²) in [4.78, 5) is 12.0. The van der Waals surface area contributed by atoms with Crippen LogP contribution in [0, 0.1) is 20.8 Å². The van der Waals surface area contributed by atoms with Crippen LogP contribution in [0.3, 0.4) is 0 Å². The number of rotatable bonds is 4. The van der Waals surface area contributed by atoms with E-state index in [9.17, 15) is 25.2 Å². The second kappa shape index (κ2) is 6.90.